The molecule has 59 heavy (non-hydrogen) atoms. The van der Waals surface area contributed by atoms with Crippen LogP contribution in [0.4, 0.5) is 4.79 Å². The van der Waals surface area contributed by atoms with E-state index in [4.69, 9.17) is 14.2 Å². The van der Waals surface area contributed by atoms with Gasteiger partial charge in [0.2, 0.25) is 5.91 Å². The molecule has 0 aromatic heterocycles. The summed E-state index contributed by atoms with van der Waals surface area (Å²) in [6, 6.07) is 0. The van der Waals surface area contributed by atoms with Gasteiger partial charge in [-0.05, 0) is 44.4 Å². The van der Waals surface area contributed by atoms with E-state index in [1.165, 1.54) is 193 Å². The molecule has 0 aliphatic carbocycles. The maximum Gasteiger partial charge on any atom is 0.407 e. The Kier molecular flexibility index (Phi) is 48.2. The van der Waals surface area contributed by atoms with Crippen LogP contribution in [0.15, 0.2) is 0 Å². The molecule has 2 amide bonds. The minimum Gasteiger partial charge on any atom is -0.447 e. The van der Waals surface area contributed by atoms with Crippen LogP contribution in [0.3, 0.4) is 0 Å². The number of ether oxygens (including phenoxy) is 3. The molecule has 0 spiro atoms. The molecule has 0 aliphatic rings. The highest BCUT2D eigenvalue weighted by atomic mass is 16.6. The summed E-state index contributed by atoms with van der Waals surface area (Å²) in [7, 11) is 0. The van der Waals surface area contributed by atoms with Crippen molar-refractivity contribution in [2.24, 2.45) is 5.92 Å². The maximum absolute atomic E-state index is 12.5. The van der Waals surface area contributed by atoms with Gasteiger partial charge < -0.3 is 24.8 Å². The SMILES string of the molecule is CCCCCCCCCCCCCCCCCCOC[C@H](COC(=O)NCCCCCC(=O)NCCCC(C)C)OCCCCCCCCCCCCCCCCCC. The summed E-state index contributed by atoms with van der Waals surface area (Å²) in [5.41, 5.74) is 0. The summed E-state index contributed by atoms with van der Waals surface area (Å²) < 4.78 is 17.8. The second kappa shape index (κ2) is 49.3. The first-order chi connectivity index (χ1) is 29.0. The second-order valence-corrected chi connectivity index (χ2v) is 18.4. The molecule has 0 aromatic rings. The average Bonchev–Trinajstić information content (AvgIpc) is 3.22. The van der Waals surface area contributed by atoms with Crippen molar-refractivity contribution in [1.82, 2.24) is 10.6 Å². The zero-order valence-corrected chi connectivity index (χ0v) is 40.3. The normalized spacial score (nSPS) is 12.0. The highest BCUT2D eigenvalue weighted by Crippen LogP contribution is 2.16. The number of carbonyl (C=O) groups excluding carboxylic acids is 2. The van der Waals surface area contributed by atoms with Crippen LogP contribution in [0.25, 0.3) is 0 Å². The Morgan fingerprint density at radius 2 is 0.814 bits per heavy atom. The van der Waals surface area contributed by atoms with Crippen molar-refractivity contribution in [3.05, 3.63) is 0 Å². The molecule has 7 heteroatoms. The van der Waals surface area contributed by atoms with Gasteiger partial charge in [-0.1, -0.05) is 227 Å². The molecule has 1 atom stereocenters. The molecule has 0 unspecified atom stereocenters. The van der Waals surface area contributed by atoms with Gasteiger partial charge in [-0.15, -0.1) is 0 Å². The Morgan fingerprint density at radius 1 is 0.424 bits per heavy atom. The summed E-state index contributed by atoms with van der Waals surface area (Å²) in [4.78, 5) is 24.5. The highest BCUT2D eigenvalue weighted by molar-refractivity contribution is 5.75. The molecule has 7 nitrogen and oxygen atoms in total. The molecule has 0 radical (unpaired) electrons. The zero-order valence-electron chi connectivity index (χ0n) is 40.3. The van der Waals surface area contributed by atoms with E-state index in [1.54, 1.807) is 0 Å². The van der Waals surface area contributed by atoms with Crippen molar-refractivity contribution in [2.75, 3.05) is 39.5 Å². The lowest BCUT2D eigenvalue weighted by Crippen LogP contribution is -2.32. The molecule has 0 heterocycles. The number of rotatable bonds is 49. The smallest absolute Gasteiger partial charge is 0.407 e. The molecule has 2 N–H and O–H groups in total. The van der Waals surface area contributed by atoms with Gasteiger partial charge in [-0.3, -0.25) is 4.79 Å². The topological polar surface area (TPSA) is 85.9 Å². The highest BCUT2D eigenvalue weighted by Gasteiger charge is 2.13. The van der Waals surface area contributed by atoms with E-state index in [0.29, 0.717) is 32.1 Å². The summed E-state index contributed by atoms with van der Waals surface area (Å²) in [6.07, 6.45) is 48.1. The van der Waals surface area contributed by atoms with E-state index in [2.05, 4.69) is 38.3 Å². The van der Waals surface area contributed by atoms with Gasteiger partial charge in [0.05, 0.1) is 6.61 Å². The first-order valence-electron chi connectivity index (χ1n) is 26.4. The molecule has 0 bridgehead atoms. The van der Waals surface area contributed by atoms with Crippen molar-refractivity contribution in [3.8, 4) is 0 Å². The first-order valence-corrected chi connectivity index (χ1v) is 26.4. The minimum absolute atomic E-state index is 0.129. The molecule has 352 valence electrons. The van der Waals surface area contributed by atoms with Crippen molar-refractivity contribution < 1.29 is 23.8 Å². The Labute approximate surface area is 368 Å². The van der Waals surface area contributed by atoms with Crippen LogP contribution in [0.1, 0.15) is 272 Å². The van der Waals surface area contributed by atoms with Gasteiger partial charge in [-0.25, -0.2) is 4.79 Å². The molecule has 0 aromatic carbocycles. The van der Waals surface area contributed by atoms with Gasteiger partial charge >= 0.3 is 6.09 Å². The lowest BCUT2D eigenvalue weighted by Gasteiger charge is -2.18. The number of nitrogens with one attached hydrogen (secondary N) is 2. The third kappa shape index (κ3) is 49.2. The Balaban J connectivity index is 4.12. The lowest BCUT2D eigenvalue weighted by atomic mass is 10.0. The molecule has 0 saturated carbocycles. The van der Waals surface area contributed by atoms with Crippen LogP contribution in [0, 0.1) is 5.92 Å². The van der Waals surface area contributed by atoms with Crippen LogP contribution in [-0.4, -0.2) is 57.6 Å². The van der Waals surface area contributed by atoms with Crippen LogP contribution < -0.4 is 10.6 Å². The van der Waals surface area contributed by atoms with Gasteiger partial charge in [0.25, 0.3) is 0 Å². The van der Waals surface area contributed by atoms with Crippen LogP contribution in [-0.2, 0) is 19.0 Å². The third-order valence-corrected chi connectivity index (χ3v) is 11.8. The molecular formula is C52H104N2O5. The van der Waals surface area contributed by atoms with E-state index in [-0.39, 0.29) is 18.6 Å². The molecule has 0 rings (SSSR count). The average molecular weight is 837 g/mol. The van der Waals surface area contributed by atoms with Crippen LogP contribution >= 0.6 is 0 Å². The maximum atomic E-state index is 12.5. The Morgan fingerprint density at radius 3 is 1.25 bits per heavy atom. The van der Waals surface area contributed by atoms with E-state index in [0.717, 1.165) is 58.1 Å². The fourth-order valence-corrected chi connectivity index (χ4v) is 7.84. The minimum atomic E-state index is -0.401. The van der Waals surface area contributed by atoms with Crippen LogP contribution in [0.5, 0.6) is 0 Å². The van der Waals surface area contributed by atoms with Crippen molar-refractivity contribution in [3.63, 3.8) is 0 Å². The standard InChI is InChI=1S/C52H104N2O5/c1-5-7-9-11-13-15-17-19-21-23-25-27-29-31-33-38-45-57-47-50(48-59-52(56)54-43-37-35-36-42-51(55)53-44-40-41-49(3)4)58-46-39-34-32-30-28-26-24-22-20-18-16-14-12-10-8-6-2/h49-50H,5-48H2,1-4H3,(H,53,55)(H,54,56)/t50-/m1/s1. The van der Waals surface area contributed by atoms with Crippen molar-refractivity contribution >= 4 is 12.0 Å². The summed E-state index contributed by atoms with van der Waals surface area (Å²) in [6.45, 7) is 12.4. The number of carbonyl (C=O) groups is 2. The Hall–Kier alpha value is -1.34. The number of hydrogen-bond acceptors (Lipinski definition) is 5. The van der Waals surface area contributed by atoms with Gasteiger partial charge in [0, 0.05) is 32.7 Å². The third-order valence-electron chi connectivity index (χ3n) is 11.8. The fourth-order valence-electron chi connectivity index (χ4n) is 7.84. The summed E-state index contributed by atoms with van der Waals surface area (Å²) >= 11 is 0. The zero-order chi connectivity index (χ0) is 43.0. The van der Waals surface area contributed by atoms with E-state index in [1.807, 2.05) is 0 Å². The number of alkyl carbamates (subject to hydrolysis) is 1. The first kappa shape index (κ1) is 57.7. The lowest BCUT2D eigenvalue weighted by molar-refractivity contribution is -0.121. The molecule has 0 fully saturated rings. The van der Waals surface area contributed by atoms with E-state index in [9.17, 15) is 9.59 Å². The quantitative estimate of drug-likeness (QED) is 0.0596. The van der Waals surface area contributed by atoms with Crippen molar-refractivity contribution in [1.29, 1.82) is 0 Å². The number of unbranched alkanes of at least 4 members (excludes halogenated alkanes) is 32. The van der Waals surface area contributed by atoms with Gasteiger partial charge in [0.1, 0.15) is 12.7 Å². The molecule has 0 saturated heterocycles. The Bertz CT molecular complexity index is 840. The number of amides is 2. The second-order valence-electron chi connectivity index (χ2n) is 18.4. The molecular weight excluding hydrogens is 733 g/mol. The van der Waals surface area contributed by atoms with E-state index < -0.39 is 6.09 Å². The van der Waals surface area contributed by atoms with E-state index >= 15 is 0 Å². The predicted octanol–water partition coefficient (Wildman–Crippen LogP) is 15.8. The largest absolute Gasteiger partial charge is 0.447 e. The molecule has 0 aliphatic heterocycles. The van der Waals surface area contributed by atoms with Gasteiger partial charge in [0.15, 0.2) is 0 Å². The summed E-state index contributed by atoms with van der Waals surface area (Å²) in [5.74, 6) is 0.800. The fraction of sp³-hybridized carbons (Fsp3) is 0.962. The van der Waals surface area contributed by atoms with Crippen molar-refractivity contribution in [2.45, 2.75) is 278 Å². The monoisotopic (exact) mass is 837 g/mol. The van der Waals surface area contributed by atoms with Crippen LogP contribution in [0.2, 0.25) is 0 Å². The summed E-state index contributed by atoms with van der Waals surface area (Å²) in [5, 5.41) is 5.89. The van der Waals surface area contributed by atoms with Gasteiger partial charge in [-0.2, -0.15) is 0 Å². The number of hydrogen-bond donors (Lipinski definition) is 2. The predicted molar refractivity (Wildman–Crippen MR) is 255 cm³/mol.